The van der Waals surface area contributed by atoms with Gasteiger partial charge in [0.05, 0.1) is 10.0 Å². The molecule has 6 nitrogen and oxygen atoms in total. The lowest BCUT2D eigenvalue weighted by Crippen LogP contribution is -2.49. The van der Waals surface area contributed by atoms with E-state index in [1.54, 1.807) is 6.07 Å². The number of rotatable bonds is 5. The van der Waals surface area contributed by atoms with Crippen LogP contribution in [0.3, 0.4) is 0 Å². The summed E-state index contributed by atoms with van der Waals surface area (Å²) in [5.74, 6) is -0.0116. The molecule has 0 aromatic carbocycles. The van der Waals surface area contributed by atoms with Crippen LogP contribution in [0, 0.1) is 0 Å². The fourth-order valence-electron chi connectivity index (χ4n) is 3.90. The van der Waals surface area contributed by atoms with Crippen molar-refractivity contribution in [3.05, 3.63) is 26.5 Å². The Balaban J connectivity index is 1.51. The van der Waals surface area contributed by atoms with Crippen LogP contribution in [0.25, 0.3) is 10.1 Å². The van der Waals surface area contributed by atoms with Crippen LogP contribution < -0.4 is 10.9 Å². The van der Waals surface area contributed by atoms with Crippen LogP contribution in [0.5, 0.6) is 0 Å². The summed E-state index contributed by atoms with van der Waals surface area (Å²) in [7, 11) is 0. The quantitative estimate of drug-likeness (QED) is 0.825. The number of piperidine rings is 1. The highest BCUT2D eigenvalue weighted by Gasteiger charge is 2.33. The molecule has 27 heavy (non-hydrogen) atoms. The summed E-state index contributed by atoms with van der Waals surface area (Å²) in [4.78, 5) is 27.8. The number of carbonyl (C=O) groups excluding carboxylic acids is 1. The second-order valence-corrected chi connectivity index (χ2v) is 9.61. The van der Waals surface area contributed by atoms with Crippen molar-refractivity contribution < 1.29 is 4.79 Å². The minimum Gasteiger partial charge on any atom is -0.350 e. The first-order chi connectivity index (χ1) is 12.9. The predicted octanol–water partition coefficient (Wildman–Crippen LogP) is 2.98. The molecule has 1 aliphatic carbocycles. The number of halogens is 1. The van der Waals surface area contributed by atoms with E-state index in [1.807, 2.05) is 13.8 Å². The van der Waals surface area contributed by atoms with Gasteiger partial charge in [-0.05, 0) is 44.2 Å². The number of nitrogens with one attached hydrogen (secondary N) is 1. The lowest BCUT2D eigenvalue weighted by Gasteiger charge is -2.33. The van der Waals surface area contributed by atoms with E-state index in [4.69, 9.17) is 11.6 Å². The van der Waals surface area contributed by atoms with Gasteiger partial charge in [-0.2, -0.15) is 5.10 Å². The molecule has 0 spiro atoms. The maximum absolute atomic E-state index is 12.8. The molecule has 1 atom stereocenters. The van der Waals surface area contributed by atoms with E-state index in [0.717, 1.165) is 37.0 Å². The van der Waals surface area contributed by atoms with Gasteiger partial charge in [-0.1, -0.05) is 25.4 Å². The predicted molar refractivity (Wildman–Crippen MR) is 109 cm³/mol. The van der Waals surface area contributed by atoms with Gasteiger partial charge >= 0.3 is 0 Å². The van der Waals surface area contributed by atoms with Gasteiger partial charge in [0, 0.05) is 24.0 Å². The number of hydrogen-bond donors (Lipinski definition) is 1. The van der Waals surface area contributed by atoms with Gasteiger partial charge in [0.25, 0.3) is 5.56 Å². The van der Waals surface area contributed by atoms with Crippen molar-refractivity contribution in [2.45, 2.75) is 64.1 Å². The molecule has 1 aliphatic heterocycles. The molecule has 0 radical (unpaired) electrons. The van der Waals surface area contributed by atoms with Crippen LogP contribution in [0.1, 0.15) is 51.1 Å². The second-order valence-electron chi connectivity index (χ2n) is 7.93. The van der Waals surface area contributed by atoms with E-state index in [9.17, 15) is 9.59 Å². The Kier molecular flexibility index (Phi) is 5.27. The number of carbonyl (C=O) groups is 1. The first kappa shape index (κ1) is 18.9. The van der Waals surface area contributed by atoms with Crippen LogP contribution >= 0.6 is 22.9 Å². The Labute approximate surface area is 167 Å². The summed E-state index contributed by atoms with van der Waals surface area (Å²) in [6.45, 7) is 6.04. The van der Waals surface area contributed by atoms with Crippen LogP contribution in [0.4, 0.5) is 0 Å². The van der Waals surface area contributed by atoms with Crippen molar-refractivity contribution in [3.63, 3.8) is 0 Å². The van der Waals surface area contributed by atoms with E-state index in [-0.39, 0.29) is 30.0 Å². The lowest BCUT2D eigenvalue weighted by molar-refractivity contribution is -0.123. The van der Waals surface area contributed by atoms with Crippen molar-refractivity contribution in [2.75, 3.05) is 13.1 Å². The third kappa shape index (κ3) is 4.05. The fraction of sp³-hybridized carbons (Fsp3) is 0.632. The molecule has 4 rings (SSSR count). The van der Waals surface area contributed by atoms with Crippen LogP contribution in [0.2, 0.25) is 4.34 Å². The zero-order chi connectivity index (χ0) is 19.1. The topological polar surface area (TPSA) is 67.2 Å². The molecule has 8 heteroatoms. The van der Waals surface area contributed by atoms with Gasteiger partial charge in [0.15, 0.2) is 0 Å². The van der Waals surface area contributed by atoms with Crippen LogP contribution in [0.15, 0.2) is 10.9 Å². The highest BCUT2D eigenvalue weighted by Crippen LogP contribution is 2.31. The monoisotopic (exact) mass is 408 g/mol. The molecule has 1 N–H and O–H groups in total. The molecule has 3 heterocycles. The molecule has 2 aliphatic rings. The van der Waals surface area contributed by atoms with Gasteiger partial charge in [0.2, 0.25) is 5.91 Å². The second kappa shape index (κ2) is 7.53. The summed E-state index contributed by atoms with van der Waals surface area (Å²) in [5, 5.41) is 8.39. The minimum atomic E-state index is -0.246. The standard InChI is InChI=1S/C19H25ClN4O2S/c1-11(2)17-14-8-15(20)27-18(14)19(26)24(22-17)10-16(25)21-12-4-3-7-23(9-12)13-5-6-13/h8,11-13H,3-7,9-10H2,1-2H3,(H,21,25)/t12-/m1/s1. The molecule has 1 amide bonds. The van der Waals surface area contributed by atoms with E-state index in [1.165, 1.54) is 28.9 Å². The average Bonchev–Trinajstić information content (AvgIpc) is 3.39. The first-order valence-electron chi connectivity index (χ1n) is 9.66. The largest absolute Gasteiger partial charge is 0.350 e. The third-order valence-electron chi connectivity index (χ3n) is 5.36. The van der Waals surface area contributed by atoms with Gasteiger partial charge in [-0.3, -0.25) is 14.5 Å². The summed E-state index contributed by atoms with van der Waals surface area (Å²) < 4.78 is 2.43. The lowest BCUT2D eigenvalue weighted by atomic mass is 10.1. The maximum Gasteiger partial charge on any atom is 0.285 e. The maximum atomic E-state index is 12.8. The first-order valence-corrected chi connectivity index (χ1v) is 10.8. The fourth-order valence-corrected chi connectivity index (χ4v) is 5.07. The molecule has 0 bridgehead atoms. The molecule has 0 unspecified atom stereocenters. The molecule has 1 saturated carbocycles. The number of thiophene rings is 1. The third-order valence-corrected chi connectivity index (χ3v) is 6.61. The van der Waals surface area contributed by atoms with Gasteiger partial charge in [-0.25, -0.2) is 4.68 Å². The Bertz CT molecular complexity index is 918. The SMILES string of the molecule is CC(C)c1nn(CC(=O)N[C@@H]2CCCN(C3CC3)C2)c(=O)c2sc(Cl)cc12. The summed E-state index contributed by atoms with van der Waals surface area (Å²) in [5.41, 5.74) is 0.558. The van der Waals surface area contributed by atoms with Crippen molar-refractivity contribution in [1.29, 1.82) is 0 Å². The summed E-state index contributed by atoms with van der Waals surface area (Å²) >= 11 is 7.37. The van der Waals surface area contributed by atoms with E-state index in [2.05, 4.69) is 15.3 Å². The molecule has 2 fully saturated rings. The molecular formula is C19H25ClN4O2S. The molecule has 146 valence electrons. The average molecular weight is 409 g/mol. The van der Waals surface area contributed by atoms with Crippen molar-refractivity contribution in [3.8, 4) is 0 Å². The van der Waals surface area contributed by atoms with Crippen LogP contribution in [-0.4, -0.2) is 45.8 Å². The number of amides is 1. The highest BCUT2D eigenvalue weighted by molar-refractivity contribution is 7.22. The van der Waals surface area contributed by atoms with Crippen molar-refractivity contribution in [1.82, 2.24) is 20.0 Å². The number of likely N-dealkylation sites (tertiary alicyclic amines) is 1. The van der Waals surface area contributed by atoms with E-state index in [0.29, 0.717) is 15.1 Å². The van der Waals surface area contributed by atoms with E-state index >= 15 is 0 Å². The zero-order valence-electron chi connectivity index (χ0n) is 15.7. The van der Waals surface area contributed by atoms with Crippen molar-refractivity contribution in [2.24, 2.45) is 0 Å². The Morgan fingerprint density at radius 1 is 1.41 bits per heavy atom. The number of aromatic nitrogens is 2. The molecule has 1 saturated heterocycles. The Morgan fingerprint density at radius 2 is 2.19 bits per heavy atom. The molecule has 2 aromatic rings. The van der Waals surface area contributed by atoms with Gasteiger partial charge in [0.1, 0.15) is 11.2 Å². The van der Waals surface area contributed by atoms with Gasteiger partial charge in [-0.15, -0.1) is 11.3 Å². The Morgan fingerprint density at radius 3 is 2.89 bits per heavy atom. The number of fused-ring (bicyclic) bond motifs is 1. The summed E-state index contributed by atoms with van der Waals surface area (Å²) in [6, 6.07) is 2.67. The summed E-state index contributed by atoms with van der Waals surface area (Å²) in [6.07, 6.45) is 4.66. The van der Waals surface area contributed by atoms with Gasteiger partial charge < -0.3 is 5.32 Å². The van der Waals surface area contributed by atoms with Crippen molar-refractivity contribution >= 4 is 38.9 Å². The van der Waals surface area contributed by atoms with E-state index < -0.39 is 0 Å². The highest BCUT2D eigenvalue weighted by atomic mass is 35.5. The van der Waals surface area contributed by atoms with Crippen LogP contribution in [-0.2, 0) is 11.3 Å². The zero-order valence-corrected chi connectivity index (χ0v) is 17.3. The normalized spacial score (nSPS) is 21.1. The smallest absolute Gasteiger partial charge is 0.285 e. The molecule has 2 aromatic heterocycles. The minimum absolute atomic E-state index is 0.0516. The number of nitrogens with zero attached hydrogens (tertiary/aromatic N) is 3. The molecular weight excluding hydrogens is 384 g/mol. The Hall–Kier alpha value is -1.44. The number of hydrogen-bond acceptors (Lipinski definition) is 5.